The van der Waals surface area contributed by atoms with Gasteiger partial charge >= 0.3 is 0 Å². The fourth-order valence-electron chi connectivity index (χ4n) is 3.09. The highest BCUT2D eigenvalue weighted by atomic mass is 79.9. The summed E-state index contributed by atoms with van der Waals surface area (Å²) in [4.78, 5) is 21.8. The maximum absolute atomic E-state index is 13.2. The minimum Gasteiger partial charge on any atom is -0.453 e. The first-order valence-corrected chi connectivity index (χ1v) is 9.64. The topological polar surface area (TPSA) is 73.3 Å². The number of para-hydroxylation sites is 1. The van der Waals surface area contributed by atoms with Crippen LogP contribution in [0.3, 0.4) is 0 Å². The van der Waals surface area contributed by atoms with Gasteiger partial charge in [-0.15, -0.1) is 0 Å². The molecule has 0 saturated carbocycles. The van der Waals surface area contributed by atoms with Crippen LogP contribution in [0.1, 0.15) is 5.56 Å². The van der Waals surface area contributed by atoms with E-state index in [1.54, 1.807) is 48.9 Å². The van der Waals surface area contributed by atoms with Crippen LogP contribution in [0.25, 0.3) is 33.5 Å². The van der Waals surface area contributed by atoms with Crippen molar-refractivity contribution in [1.29, 1.82) is 0 Å². The summed E-state index contributed by atoms with van der Waals surface area (Å²) in [7, 11) is 0. The number of hydrogen-bond acceptors (Lipinski definition) is 5. The van der Waals surface area contributed by atoms with E-state index >= 15 is 0 Å². The summed E-state index contributed by atoms with van der Waals surface area (Å²) in [6, 6.07) is 18.4. The normalized spacial score (nSPS) is 11.6. The van der Waals surface area contributed by atoms with Gasteiger partial charge in [0, 0.05) is 22.3 Å². The third kappa shape index (κ3) is 3.25. The second-order valence-electron chi connectivity index (χ2n) is 6.39. The highest BCUT2D eigenvalue weighted by Crippen LogP contribution is 2.29. The van der Waals surface area contributed by atoms with E-state index in [4.69, 9.17) is 4.42 Å². The van der Waals surface area contributed by atoms with Gasteiger partial charge in [0.1, 0.15) is 5.58 Å². The van der Waals surface area contributed by atoms with Crippen LogP contribution >= 0.6 is 15.9 Å². The van der Waals surface area contributed by atoms with E-state index in [1.807, 2.05) is 30.3 Å². The number of halogens is 1. The molecular formula is C22H13BrN4O2. The van der Waals surface area contributed by atoms with Crippen molar-refractivity contribution in [2.45, 2.75) is 0 Å². The number of furan rings is 1. The standard InChI is InChI=1S/C22H13BrN4O2/c23-16-5-6-19-15(11-16)12-20(29-19)21-26-18-4-2-1-3-17(18)22(28)27(21)25-13-14-7-9-24-10-8-14/h1-13H. The maximum Gasteiger partial charge on any atom is 0.282 e. The Morgan fingerprint density at radius 2 is 1.86 bits per heavy atom. The molecule has 5 rings (SSSR count). The Balaban J connectivity index is 1.76. The third-order valence-corrected chi connectivity index (χ3v) is 4.97. The zero-order chi connectivity index (χ0) is 19.8. The van der Waals surface area contributed by atoms with Gasteiger partial charge in [0.05, 0.1) is 17.1 Å². The summed E-state index contributed by atoms with van der Waals surface area (Å²) >= 11 is 3.47. The van der Waals surface area contributed by atoms with E-state index in [0.29, 0.717) is 28.1 Å². The molecule has 0 bridgehead atoms. The molecule has 0 aliphatic rings. The van der Waals surface area contributed by atoms with Crippen molar-refractivity contribution in [3.8, 4) is 11.6 Å². The van der Waals surface area contributed by atoms with Crippen molar-refractivity contribution < 1.29 is 4.42 Å². The fourth-order valence-corrected chi connectivity index (χ4v) is 3.47. The fraction of sp³-hybridized carbons (Fsp3) is 0. The van der Waals surface area contributed by atoms with Gasteiger partial charge in [0.25, 0.3) is 5.56 Å². The van der Waals surface area contributed by atoms with E-state index in [0.717, 1.165) is 15.4 Å². The van der Waals surface area contributed by atoms with Gasteiger partial charge in [0.15, 0.2) is 5.76 Å². The molecule has 0 radical (unpaired) electrons. The number of rotatable bonds is 3. The summed E-state index contributed by atoms with van der Waals surface area (Å²) in [5.74, 6) is 0.805. The second-order valence-corrected chi connectivity index (χ2v) is 7.30. The van der Waals surface area contributed by atoms with Crippen molar-refractivity contribution in [1.82, 2.24) is 14.6 Å². The number of pyridine rings is 1. The summed E-state index contributed by atoms with van der Waals surface area (Å²) < 4.78 is 8.19. The first-order chi connectivity index (χ1) is 14.2. The molecule has 0 amide bonds. The van der Waals surface area contributed by atoms with Crippen molar-refractivity contribution >= 4 is 44.0 Å². The number of hydrogen-bond donors (Lipinski definition) is 0. The lowest BCUT2D eigenvalue weighted by molar-refractivity contribution is 0.616. The Morgan fingerprint density at radius 1 is 1.03 bits per heavy atom. The predicted octanol–water partition coefficient (Wildman–Crippen LogP) is 4.85. The number of fused-ring (bicyclic) bond motifs is 2. The SMILES string of the molecule is O=c1c2ccccc2nc(-c2cc3cc(Br)ccc3o2)n1N=Cc1ccncc1. The van der Waals surface area contributed by atoms with Crippen LogP contribution in [-0.4, -0.2) is 20.9 Å². The average molecular weight is 445 g/mol. The molecule has 0 atom stereocenters. The van der Waals surface area contributed by atoms with Gasteiger partial charge in [0.2, 0.25) is 5.82 Å². The highest BCUT2D eigenvalue weighted by Gasteiger charge is 2.16. The quantitative estimate of drug-likeness (QED) is 0.372. The molecule has 140 valence electrons. The van der Waals surface area contributed by atoms with Crippen molar-refractivity contribution in [2.75, 3.05) is 0 Å². The highest BCUT2D eigenvalue weighted by molar-refractivity contribution is 9.10. The molecule has 0 spiro atoms. The molecule has 0 aliphatic carbocycles. The molecule has 6 nitrogen and oxygen atoms in total. The zero-order valence-electron chi connectivity index (χ0n) is 15.0. The van der Waals surface area contributed by atoms with E-state index in [2.05, 4.69) is 31.0 Å². The summed E-state index contributed by atoms with van der Waals surface area (Å²) in [6.45, 7) is 0. The monoisotopic (exact) mass is 444 g/mol. The lowest BCUT2D eigenvalue weighted by Gasteiger charge is -2.07. The third-order valence-electron chi connectivity index (χ3n) is 4.48. The maximum atomic E-state index is 13.2. The Kier molecular flexibility index (Phi) is 4.29. The van der Waals surface area contributed by atoms with E-state index in [1.165, 1.54) is 4.68 Å². The summed E-state index contributed by atoms with van der Waals surface area (Å²) in [5.41, 5.74) is 1.84. The molecular weight excluding hydrogens is 432 g/mol. The summed E-state index contributed by atoms with van der Waals surface area (Å²) in [5, 5.41) is 5.80. The molecule has 5 aromatic rings. The molecule has 0 fully saturated rings. The average Bonchev–Trinajstić information content (AvgIpc) is 3.17. The molecule has 3 aromatic heterocycles. The Labute approximate surface area is 173 Å². The van der Waals surface area contributed by atoms with Gasteiger partial charge in [-0.25, -0.2) is 4.98 Å². The van der Waals surface area contributed by atoms with Crippen LogP contribution < -0.4 is 5.56 Å². The largest absolute Gasteiger partial charge is 0.453 e. The Morgan fingerprint density at radius 3 is 2.72 bits per heavy atom. The smallest absolute Gasteiger partial charge is 0.282 e. The molecule has 3 heterocycles. The van der Waals surface area contributed by atoms with Crippen LogP contribution in [0.5, 0.6) is 0 Å². The van der Waals surface area contributed by atoms with Crippen LogP contribution in [0, 0.1) is 0 Å². The van der Waals surface area contributed by atoms with Crippen LogP contribution in [0.2, 0.25) is 0 Å². The molecule has 0 aliphatic heterocycles. The lowest BCUT2D eigenvalue weighted by atomic mass is 10.2. The number of aromatic nitrogens is 3. The first-order valence-electron chi connectivity index (χ1n) is 8.85. The molecule has 0 unspecified atom stereocenters. The molecule has 2 aromatic carbocycles. The minimum atomic E-state index is -0.266. The van der Waals surface area contributed by atoms with E-state index < -0.39 is 0 Å². The molecule has 7 heteroatoms. The van der Waals surface area contributed by atoms with Crippen LogP contribution in [-0.2, 0) is 0 Å². The first kappa shape index (κ1) is 17.5. The molecule has 0 N–H and O–H groups in total. The van der Waals surface area contributed by atoms with Crippen molar-refractivity contribution in [2.24, 2.45) is 5.10 Å². The Bertz CT molecular complexity index is 1440. The number of nitrogens with zero attached hydrogens (tertiary/aromatic N) is 4. The van der Waals surface area contributed by atoms with Crippen LogP contribution in [0.4, 0.5) is 0 Å². The summed E-state index contributed by atoms with van der Waals surface area (Å²) in [6.07, 6.45) is 4.93. The van der Waals surface area contributed by atoms with E-state index in [9.17, 15) is 4.79 Å². The van der Waals surface area contributed by atoms with Gasteiger partial charge in [-0.2, -0.15) is 9.78 Å². The van der Waals surface area contributed by atoms with Gasteiger partial charge < -0.3 is 4.42 Å². The van der Waals surface area contributed by atoms with Crippen LogP contribution in [0.15, 0.2) is 91.8 Å². The lowest BCUT2D eigenvalue weighted by Crippen LogP contribution is -2.20. The predicted molar refractivity (Wildman–Crippen MR) is 116 cm³/mol. The van der Waals surface area contributed by atoms with Crippen molar-refractivity contribution in [3.63, 3.8) is 0 Å². The van der Waals surface area contributed by atoms with Gasteiger partial charge in [-0.05, 0) is 54.1 Å². The van der Waals surface area contributed by atoms with Gasteiger partial charge in [-0.1, -0.05) is 28.1 Å². The van der Waals surface area contributed by atoms with E-state index in [-0.39, 0.29) is 5.56 Å². The van der Waals surface area contributed by atoms with Gasteiger partial charge in [-0.3, -0.25) is 9.78 Å². The number of benzene rings is 2. The zero-order valence-corrected chi connectivity index (χ0v) is 16.6. The van der Waals surface area contributed by atoms with Crippen molar-refractivity contribution in [3.05, 3.63) is 93.4 Å². The minimum absolute atomic E-state index is 0.266. The molecule has 29 heavy (non-hydrogen) atoms. The molecule has 0 saturated heterocycles. The Hall–Kier alpha value is -3.58. The second kappa shape index (κ2) is 7.10.